The fraction of sp³-hybridized carbons (Fsp3) is 0.545. The van der Waals surface area contributed by atoms with E-state index in [1.54, 1.807) is 6.20 Å². The van der Waals surface area contributed by atoms with Crippen LogP contribution in [0.5, 0.6) is 0 Å². The summed E-state index contributed by atoms with van der Waals surface area (Å²) in [5, 5.41) is 3.29. The average molecular weight is 193 g/mol. The van der Waals surface area contributed by atoms with Crippen LogP contribution in [0.2, 0.25) is 0 Å². The summed E-state index contributed by atoms with van der Waals surface area (Å²) in [6.45, 7) is 7.63. The first-order valence-electron chi connectivity index (χ1n) is 5.05. The minimum atomic E-state index is 0.648. The van der Waals surface area contributed by atoms with Crippen molar-refractivity contribution in [3.05, 3.63) is 18.3 Å². The molecule has 1 unspecified atom stereocenters. The molecule has 78 valence electrons. The van der Waals surface area contributed by atoms with Gasteiger partial charge in [-0.2, -0.15) is 0 Å². The molecule has 3 heteroatoms. The second-order valence-electron chi connectivity index (χ2n) is 4.08. The molecule has 0 aliphatic rings. The molecule has 0 saturated carbocycles. The van der Waals surface area contributed by atoms with Gasteiger partial charge >= 0.3 is 0 Å². The molecule has 3 nitrogen and oxygen atoms in total. The molecule has 1 rings (SSSR count). The largest absolute Gasteiger partial charge is 0.397 e. The van der Waals surface area contributed by atoms with Gasteiger partial charge in [0.2, 0.25) is 0 Å². The predicted molar refractivity (Wildman–Crippen MR) is 61.1 cm³/mol. The number of hydrogen-bond donors (Lipinski definition) is 2. The van der Waals surface area contributed by atoms with Crippen LogP contribution in [-0.2, 0) is 0 Å². The van der Waals surface area contributed by atoms with Crippen LogP contribution >= 0.6 is 0 Å². The van der Waals surface area contributed by atoms with Crippen molar-refractivity contribution in [3.8, 4) is 0 Å². The molecule has 0 spiro atoms. The lowest BCUT2D eigenvalue weighted by atomic mass is 9.98. The SMILES string of the molecule is CC(C)C(C)CNc1ccc(N)cn1. The highest BCUT2D eigenvalue weighted by Crippen LogP contribution is 2.11. The number of nitrogens with zero attached hydrogens (tertiary/aromatic N) is 1. The zero-order valence-electron chi connectivity index (χ0n) is 9.12. The second-order valence-corrected chi connectivity index (χ2v) is 4.08. The van der Waals surface area contributed by atoms with Crippen LogP contribution in [0.4, 0.5) is 11.5 Å². The van der Waals surface area contributed by atoms with Crippen LogP contribution in [0.25, 0.3) is 0 Å². The Morgan fingerprint density at radius 2 is 2.07 bits per heavy atom. The van der Waals surface area contributed by atoms with Crippen LogP contribution in [0.1, 0.15) is 20.8 Å². The normalized spacial score (nSPS) is 12.9. The Hall–Kier alpha value is -1.25. The standard InChI is InChI=1S/C11H19N3/c1-8(2)9(3)6-13-11-5-4-10(12)7-14-11/h4-5,7-9H,6,12H2,1-3H3,(H,13,14). The van der Waals surface area contributed by atoms with Gasteiger partial charge in [-0.05, 0) is 24.0 Å². The molecule has 0 amide bonds. The van der Waals surface area contributed by atoms with Gasteiger partial charge in [0.25, 0.3) is 0 Å². The third-order valence-corrected chi connectivity index (χ3v) is 2.53. The van der Waals surface area contributed by atoms with Gasteiger partial charge in [-0.3, -0.25) is 0 Å². The van der Waals surface area contributed by atoms with Crippen molar-refractivity contribution >= 4 is 11.5 Å². The number of anilines is 2. The molecule has 1 aromatic rings. The molecule has 0 bridgehead atoms. The average Bonchev–Trinajstić information content (AvgIpc) is 2.16. The summed E-state index contributed by atoms with van der Waals surface area (Å²) >= 11 is 0. The first kappa shape index (κ1) is 10.8. The van der Waals surface area contributed by atoms with Crippen molar-refractivity contribution in [1.29, 1.82) is 0 Å². The first-order valence-corrected chi connectivity index (χ1v) is 5.05. The molecule has 1 aromatic heterocycles. The molecule has 0 aliphatic carbocycles. The Kier molecular flexibility index (Phi) is 3.74. The molecule has 1 atom stereocenters. The summed E-state index contributed by atoms with van der Waals surface area (Å²) in [5.41, 5.74) is 6.24. The van der Waals surface area contributed by atoms with E-state index in [0.717, 1.165) is 12.4 Å². The van der Waals surface area contributed by atoms with E-state index in [1.807, 2.05) is 12.1 Å². The van der Waals surface area contributed by atoms with Crippen molar-refractivity contribution in [3.63, 3.8) is 0 Å². The zero-order chi connectivity index (χ0) is 10.6. The highest BCUT2D eigenvalue weighted by Gasteiger charge is 2.06. The van der Waals surface area contributed by atoms with Gasteiger partial charge in [0, 0.05) is 6.54 Å². The summed E-state index contributed by atoms with van der Waals surface area (Å²) in [7, 11) is 0. The quantitative estimate of drug-likeness (QED) is 0.771. The van der Waals surface area contributed by atoms with Crippen LogP contribution in [0, 0.1) is 11.8 Å². The second kappa shape index (κ2) is 4.84. The minimum Gasteiger partial charge on any atom is -0.397 e. The molecule has 1 heterocycles. The fourth-order valence-electron chi connectivity index (χ4n) is 1.01. The Morgan fingerprint density at radius 1 is 1.36 bits per heavy atom. The van der Waals surface area contributed by atoms with Crippen LogP contribution in [0.3, 0.4) is 0 Å². The molecule has 0 radical (unpaired) electrons. The van der Waals surface area contributed by atoms with E-state index in [2.05, 4.69) is 31.1 Å². The lowest BCUT2D eigenvalue weighted by Gasteiger charge is -2.16. The summed E-state index contributed by atoms with van der Waals surface area (Å²) < 4.78 is 0. The van der Waals surface area contributed by atoms with E-state index < -0.39 is 0 Å². The Labute approximate surface area is 85.7 Å². The Morgan fingerprint density at radius 3 is 2.57 bits per heavy atom. The monoisotopic (exact) mass is 193 g/mol. The van der Waals surface area contributed by atoms with Gasteiger partial charge < -0.3 is 11.1 Å². The lowest BCUT2D eigenvalue weighted by molar-refractivity contribution is 0.439. The molecule has 0 saturated heterocycles. The highest BCUT2D eigenvalue weighted by molar-refractivity contribution is 5.43. The first-order chi connectivity index (χ1) is 6.59. The summed E-state index contributed by atoms with van der Waals surface area (Å²) in [4.78, 5) is 4.17. The van der Waals surface area contributed by atoms with Crippen molar-refractivity contribution in [2.45, 2.75) is 20.8 Å². The fourth-order valence-corrected chi connectivity index (χ4v) is 1.01. The highest BCUT2D eigenvalue weighted by atomic mass is 15.0. The topological polar surface area (TPSA) is 50.9 Å². The lowest BCUT2D eigenvalue weighted by Crippen LogP contribution is -2.16. The van der Waals surface area contributed by atoms with Gasteiger partial charge in [-0.1, -0.05) is 20.8 Å². The molecule has 0 aromatic carbocycles. The molecular weight excluding hydrogens is 174 g/mol. The van der Waals surface area contributed by atoms with E-state index in [4.69, 9.17) is 5.73 Å². The van der Waals surface area contributed by atoms with Gasteiger partial charge in [-0.25, -0.2) is 4.98 Å². The molecular formula is C11H19N3. The molecule has 0 aliphatic heterocycles. The number of rotatable bonds is 4. The van der Waals surface area contributed by atoms with Crippen LogP contribution < -0.4 is 11.1 Å². The van der Waals surface area contributed by atoms with Gasteiger partial charge in [-0.15, -0.1) is 0 Å². The maximum atomic E-state index is 5.54. The smallest absolute Gasteiger partial charge is 0.126 e. The third-order valence-electron chi connectivity index (χ3n) is 2.53. The Bertz CT molecular complexity index is 266. The molecule has 14 heavy (non-hydrogen) atoms. The van der Waals surface area contributed by atoms with E-state index in [9.17, 15) is 0 Å². The van der Waals surface area contributed by atoms with E-state index in [0.29, 0.717) is 17.5 Å². The van der Waals surface area contributed by atoms with E-state index >= 15 is 0 Å². The van der Waals surface area contributed by atoms with E-state index in [-0.39, 0.29) is 0 Å². The maximum absolute atomic E-state index is 5.54. The minimum absolute atomic E-state index is 0.648. The van der Waals surface area contributed by atoms with Gasteiger partial charge in [0.1, 0.15) is 5.82 Å². The van der Waals surface area contributed by atoms with E-state index in [1.165, 1.54) is 0 Å². The van der Waals surface area contributed by atoms with Crippen molar-refractivity contribution in [2.75, 3.05) is 17.6 Å². The van der Waals surface area contributed by atoms with Crippen LogP contribution in [0.15, 0.2) is 18.3 Å². The summed E-state index contributed by atoms with van der Waals surface area (Å²) in [6, 6.07) is 3.76. The third kappa shape index (κ3) is 3.24. The van der Waals surface area contributed by atoms with Crippen molar-refractivity contribution < 1.29 is 0 Å². The van der Waals surface area contributed by atoms with Crippen molar-refractivity contribution in [1.82, 2.24) is 4.98 Å². The Balaban J connectivity index is 2.42. The summed E-state index contributed by atoms with van der Waals surface area (Å²) in [5.74, 6) is 2.23. The predicted octanol–water partition coefficient (Wildman–Crippen LogP) is 2.37. The summed E-state index contributed by atoms with van der Waals surface area (Å²) in [6.07, 6.45) is 1.67. The van der Waals surface area contributed by atoms with Gasteiger partial charge in [0.15, 0.2) is 0 Å². The number of nitrogens with two attached hydrogens (primary N) is 1. The van der Waals surface area contributed by atoms with Crippen molar-refractivity contribution in [2.24, 2.45) is 11.8 Å². The number of hydrogen-bond acceptors (Lipinski definition) is 3. The molecule has 3 N–H and O–H groups in total. The number of nitrogens with one attached hydrogen (secondary N) is 1. The zero-order valence-corrected chi connectivity index (χ0v) is 9.12. The molecule has 0 fully saturated rings. The number of nitrogen functional groups attached to an aromatic ring is 1. The van der Waals surface area contributed by atoms with Crippen LogP contribution in [-0.4, -0.2) is 11.5 Å². The number of pyridine rings is 1. The van der Waals surface area contributed by atoms with Gasteiger partial charge in [0.05, 0.1) is 11.9 Å². The number of aromatic nitrogens is 1. The maximum Gasteiger partial charge on any atom is 0.126 e.